The van der Waals surface area contributed by atoms with Gasteiger partial charge in [-0.05, 0) is 0 Å². The van der Waals surface area contributed by atoms with Crippen molar-refractivity contribution in [3.63, 3.8) is 0 Å². The highest BCUT2D eigenvalue weighted by Gasteiger charge is 1.48. The minimum absolute atomic E-state index is 0. The van der Waals surface area contributed by atoms with E-state index in [4.69, 9.17) is 46.6 Å². The van der Waals surface area contributed by atoms with Gasteiger partial charge in [-0.2, -0.15) is 9.90 Å². The van der Waals surface area contributed by atoms with E-state index in [0.29, 0.717) is 0 Å². The molecule has 0 fully saturated rings. The maximum absolute atomic E-state index is 8.35. The van der Waals surface area contributed by atoms with Crippen molar-refractivity contribution in [1.29, 1.82) is 0 Å². The Bertz CT molecular complexity index is 30.8. The summed E-state index contributed by atoms with van der Waals surface area (Å²) in [4.78, 5) is 0. The monoisotopic (exact) mass is 374 g/mol. The Hall–Kier alpha value is 1.48. The summed E-state index contributed by atoms with van der Waals surface area (Å²) in [6.45, 7) is 0. The molecule has 0 heterocycles. The van der Waals surface area contributed by atoms with Crippen molar-refractivity contribution in [2.24, 2.45) is 0 Å². The molecule has 16 heavy (non-hydrogen) atoms. The van der Waals surface area contributed by atoms with Gasteiger partial charge in [0.15, 0.2) is 0 Å². The van der Waals surface area contributed by atoms with E-state index in [2.05, 4.69) is 0 Å². The van der Waals surface area contributed by atoms with Crippen molar-refractivity contribution in [3.05, 3.63) is 0 Å². The summed E-state index contributed by atoms with van der Waals surface area (Å²) >= 11 is -0.833. The third-order valence-electron chi connectivity index (χ3n) is 0. The molecule has 0 radical (unpaired) electrons. The van der Waals surface area contributed by atoms with Crippen LogP contribution in [0.4, 0.5) is 0 Å². The lowest BCUT2D eigenvalue weighted by Gasteiger charge is -1.46. The summed E-state index contributed by atoms with van der Waals surface area (Å²) in [5.74, 6) is 0. The van der Waals surface area contributed by atoms with Crippen LogP contribution in [0, 0.1) is 56.6 Å². The molecule has 1 atom stereocenters. The Balaban J connectivity index is -0.0000000192. The van der Waals surface area contributed by atoms with E-state index >= 15 is 0 Å². The SMILES string of the molecule is P.[O-][Cl+]O.[O-][Cl+]O.[O-][Cl+]O.[O-][Cl+]O.[O-][Cl+]O. The fraction of sp³-hybridized carbons (Fsp3) is 0. The summed E-state index contributed by atoms with van der Waals surface area (Å²) in [6.07, 6.45) is 0. The van der Waals surface area contributed by atoms with E-state index in [1.54, 1.807) is 0 Å². The van der Waals surface area contributed by atoms with Crippen molar-refractivity contribution in [2.75, 3.05) is 0 Å². The fourth-order valence-electron chi connectivity index (χ4n) is 0. The van der Waals surface area contributed by atoms with Crippen LogP contribution >= 0.6 is 9.90 Å². The maximum Gasteiger partial charge on any atom is 0.327 e. The van der Waals surface area contributed by atoms with Crippen LogP contribution in [0.5, 0.6) is 0 Å². The first-order valence-corrected chi connectivity index (χ1v) is 4.85. The number of halogens is 5. The zero-order valence-corrected chi connectivity index (χ0v) is 12.1. The van der Waals surface area contributed by atoms with Crippen molar-refractivity contribution in [3.8, 4) is 0 Å². The first-order chi connectivity index (χ1) is 7.07. The van der Waals surface area contributed by atoms with E-state index in [1.165, 1.54) is 0 Å². The van der Waals surface area contributed by atoms with E-state index < -0.39 is 0 Å². The predicted molar refractivity (Wildman–Crippen MR) is 22.2 cm³/mol. The largest absolute Gasteiger partial charge is 0.506 e. The summed E-state index contributed by atoms with van der Waals surface area (Å²) in [5, 5.41) is 0. The van der Waals surface area contributed by atoms with Crippen LogP contribution in [-0.2, 0) is 0 Å². The van der Waals surface area contributed by atoms with Gasteiger partial charge < -0.3 is 23.3 Å². The fourth-order valence-corrected chi connectivity index (χ4v) is 0. The zero-order valence-electron chi connectivity index (χ0n) is 6.87. The van der Waals surface area contributed by atoms with Gasteiger partial charge in [0, 0.05) is 0 Å². The molecule has 10 nitrogen and oxygen atoms in total. The van der Waals surface area contributed by atoms with Gasteiger partial charge in [0.25, 0.3) is 0 Å². The van der Waals surface area contributed by atoms with Crippen molar-refractivity contribution in [2.45, 2.75) is 0 Å². The Morgan fingerprint density at radius 3 is 0.438 bits per heavy atom. The van der Waals surface area contributed by atoms with Crippen LogP contribution in [0.1, 0.15) is 0 Å². The lowest BCUT2D eigenvalue weighted by Crippen LogP contribution is -1.94. The Morgan fingerprint density at radius 2 is 0.438 bits per heavy atom. The van der Waals surface area contributed by atoms with E-state index in [1.807, 2.05) is 0 Å². The molecule has 0 bridgehead atoms. The molecule has 0 saturated carbocycles. The lowest BCUT2D eigenvalue weighted by molar-refractivity contribution is -1.27. The molecule has 1 unspecified atom stereocenters. The predicted octanol–water partition coefficient (Wildman–Crippen LogP) is -8.67. The molecular weight excluding hydrogens is 368 g/mol. The van der Waals surface area contributed by atoms with Gasteiger partial charge in [0.2, 0.25) is 0 Å². The van der Waals surface area contributed by atoms with Crippen LogP contribution in [0.3, 0.4) is 0 Å². The molecule has 0 rings (SSSR count). The molecule has 0 aliphatic rings. The second-order valence-electron chi connectivity index (χ2n) is 0.345. The standard InChI is InChI=1S/5ClHO2.H3P/c5*2-1-3;/h5*2H;1H3. The molecule has 108 valence electrons. The summed E-state index contributed by atoms with van der Waals surface area (Å²) in [5.41, 5.74) is 0. The quantitative estimate of drug-likeness (QED) is 0.251. The van der Waals surface area contributed by atoms with Gasteiger partial charge in [-0.25, -0.2) is 0 Å². The Labute approximate surface area is 113 Å². The second kappa shape index (κ2) is 94.0. The zero-order chi connectivity index (χ0) is 13.5. The molecule has 5 N–H and O–H groups in total. The molecule has 0 aromatic rings. The third kappa shape index (κ3) is 1480. The van der Waals surface area contributed by atoms with Crippen LogP contribution in [0.15, 0.2) is 0 Å². The van der Waals surface area contributed by atoms with E-state index in [-0.39, 0.29) is 66.5 Å². The van der Waals surface area contributed by atoms with E-state index in [9.17, 15) is 0 Å². The number of hydrogen-bond donors (Lipinski definition) is 5. The van der Waals surface area contributed by atoms with Gasteiger partial charge in [0.1, 0.15) is 0 Å². The smallest absolute Gasteiger partial charge is 0.327 e. The van der Waals surface area contributed by atoms with Crippen molar-refractivity contribution < 1.29 is 103 Å². The Kier molecular flexibility index (Phi) is 212. The third-order valence-corrected chi connectivity index (χ3v) is 0. The maximum atomic E-state index is 8.35. The summed E-state index contributed by atoms with van der Waals surface area (Å²) < 4.78 is 76.1. The molecule has 0 amide bonds. The van der Waals surface area contributed by atoms with Gasteiger partial charge in [-0.1, -0.05) is 0 Å². The molecule has 0 spiro atoms. The highest BCUT2D eigenvalue weighted by atomic mass is 35.6. The van der Waals surface area contributed by atoms with Gasteiger partial charge in [-0.3, -0.25) is 0 Å². The molecular formula is H8Cl5O10P. The second-order valence-corrected chi connectivity index (χ2v) is 1.04. The van der Waals surface area contributed by atoms with Crippen molar-refractivity contribution in [1.82, 2.24) is 0 Å². The van der Waals surface area contributed by atoms with Gasteiger partial charge >= 0.3 is 56.6 Å². The molecule has 16 heteroatoms. The van der Waals surface area contributed by atoms with Gasteiger partial charge in [0.05, 0.1) is 0 Å². The molecule has 0 saturated heterocycles. The molecule has 0 aliphatic carbocycles. The Morgan fingerprint density at radius 1 is 0.438 bits per heavy atom. The van der Waals surface area contributed by atoms with E-state index in [0.717, 1.165) is 0 Å². The highest BCUT2D eigenvalue weighted by Crippen LogP contribution is 1.14. The summed E-state index contributed by atoms with van der Waals surface area (Å²) in [7, 11) is 0. The average molecular weight is 376 g/mol. The molecule has 0 aromatic carbocycles. The topological polar surface area (TPSA) is 216 Å². The molecule has 0 aliphatic heterocycles. The van der Waals surface area contributed by atoms with Crippen molar-refractivity contribution >= 4 is 9.90 Å². The normalized spacial score (nSPS) is 5.62. The minimum Gasteiger partial charge on any atom is -0.506 e. The van der Waals surface area contributed by atoms with Crippen LogP contribution < -0.4 is 23.3 Å². The number of hydrogen-bond acceptors (Lipinski definition) is 10. The highest BCUT2D eigenvalue weighted by molar-refractivity contribution is 6.92. The summed E-state index contributed by atoms with van der Waals surface area (Å²) in [6, 6.07) is 0. The first kappa shape index (κ1) is 36.0. The molecule has 0 aromatic heterocycles. The lowest BCUT2D eigenvalue weighted by atomic mass is 15.9. The van der Waals surface area contributed by atoms with Crippen LogP contribution in [-0.4, -0.2) is 23.3 Å². The average Bonchev–Trinajstić information content (AvgIpc) is 2.09. The van der Waals surface area contributed by atoms with Gasteiger partial charge in [-0.15, -0.1) is 23.3 Å². The van der Waals surface area contributed by atoms with Crippen LogP contribution in [0.2, 0.25) is 0 Å². The first-order valence-electron chi connectivity index (χ1n) is 1.62. The van der Waals surface area contributed by atoms with Crippen LogP contribution in [0.25, 0.3) is 0 Å². The minimum atomic E-state index is -0.167. The number of rotatable bonds is 0.